The maximum atomic E-state index is 13.9. The summed E-state index contributed by atoms with van der Waals surface area (Å²) in [6.45, 7) is 2.20. The lowest BCUT2D eigenvalue weighted by Crippen LogP contribution is -2.62. The minimum Gasteiger partial charge on any atom is -0.481 e. The van der Waals surface area contributed by atoms with E-state index in [0.29, 0.717) is 68.5 Å². The molecule has 4 saturated carbocycles. The summed E-state index contributed by atoms with van der Waals surface area (Å²) in [5, 5.41) is 12.5. The second-order valence-electron chi connectivity index (χ2n) is 13.2. The molecule has 12 heteroatoms. The van der Waals surface area contributed by atoms with Gasteiger partial charge in [-0.15, -0.1) is 0 Å². The van der Waals surface area contributed by atoms with Crippen molar-refractivity contribution in [3.8, 4) is 11.5 Å². The number of benzene rings is 2. The third-order valence-electron chi connectivity index (χ3n) is 10.1. The second kappa shape index (κ2) is 10.6. The number of aliphatic carboxylic acids is 1. The first-order chi connectivity index (χ1) is 21.4. The van der Waals surface area contributed by atoms with Crippen molar-refractivity contribution in [3.63, 3.8) is 0 Å². The van der Waals surface area contributed by atoms with Crippen molar-refractivity contribution in [1.82, 2.24) is 9.88 Å². The number of alkyl halides is 3. The molecule has 2 atom stereocenters. The first-order valence-corrected chi connectivity index (χ1v) is 15.3. The third kappa shape index (κ3) is 5.23. The van der Waals surface area contributed by atoms with Crippen molar-refractivity contribution in [3.05, 3.63) is 66.1 Å². The average molecular weight is 623 g/mol. The molecule has 2 unspecified atom stereocenters. The van der Waals surface area contributed by atoms with Gasteiger partial charge in [0.1, 0.15) is 0 Å². The second-order valence-corrected chi connectivity index (χ2v) is 13.2. The van der Waals surface area contributed by atoms with E-state index in [1.807, 2.05) is 4.90 Å². The van der Waals surface area contributed by atoms with E-state index in [9.17, 15) is 32.7 Å². The van der Waals surface area contributed by atoms with E-state index in [-0.39, 0.29) is 11.8 Å². The summed E-state index contributed by atoms with van der Waals surface area (Å²) in [7, 11) is 0. The van der Waals surface area contributed by atoms with E-state index in [4.69, 9.17) is 4.42 Å². The van der Waals surface area contributed by atoms with Crippen molar-refractivity contribution < 1.29 is 37.1 Å². The van der Waals surface area contributed by atoms with Crippen LogP contribution in [0.5, 0.6) is 0 Å². The number of carbonyl (C=O) groups is 3. The number of nitrogens with one attached hydrogen (secondary N) is 1. The van der Waals surface area contributed by atoms with Crippen LogP contribution in [0.25, 0.3) is 11.5 Å². The number of carboxylic acid groups (broad SMARTS) is 1. The topological polar surface area (TPSA) is 116 Å². The number of hydrogen-bond donors (Lipinski definition) is 2. The monoisotopic (exact) mass is 622 g/mol. The van der Waals surface area contributed by atoms with Gasteiger partial charge in [0, 0.05) is 43.1 Å². The minimum atomic E-state index is -4.91. The first kappa shape index (κ1) is 29.4. The number of halogens is 3. The van der Waals surface area contributed by atoms with Gasteiger partial charge in [-0.25, -0.2) is 4.98 Å². The van der Waals surface area contributed by atoms with Crippen molar-refractivity contribution in [2.45, 2.75) is 44.7 Å². The molecule has 2 N–H and O–H groups in total. The number of anilines is 2. The summed E-state index contributed by atoms with van der Waals surface area (Å²) >= 11 is 0. The Balaban J connectivity index is 0.994. The molecule has 1 aromatic heterocycles. The third-order valence-corrected chi connectivity index (χ3v) is 10.1. The fourth-order valence-electron chi connectivity index (χ4n) is 8.58. The summed E-state index contributed by atoms with van der Waals surface area (Å²) < 4.78 is 46.0. The molecular weight excluding hydrogens is 589 g/mol. The molecule has 5 aliphatic rings. The maximum absolute atomic E-state index is 13.9. The van der Waals surface area contributed by atoms with E-state index in [2.05, 4.69) is 15.2 Å². The van der Waals surface area contributed by atoms with Crippen LogP contribution in [0.2, 0.25) is 0 Å². The number of amides is 2. The molecule has 4 bridgehead atoms. The van der Waals surface area contributed by atoms with E-state index in [0.717, 1.165) is 24.9 Å². The first-order valence-electron chi connectivity index (χ1n) is 15.3. The Morgan fingerprint density at radius 1 is 0.889 bits per heavy atom. The van der Waals surface area contributed by atoms with Crippen LogP contribution in [-0.4, -0.2) is 59.0 Å². The quantitative estimate of drug-likeness (QED) is 0.350. The Bertz CT molecular complexity index is 1620. The molecule has 0 radical (unpaired) electrons. The normalized spacial score (nSPS) is 27.4. The van der Waals surface area contributed by atoms with Crippen LogP contribution in [0, 0.1) is 22.7 Å². The van der Waals surface area contributed by atoms with Gasteiger partial charge in [0.15, 0.2) is 5.69 Å². The summed E-state index contributed by atoms with van der Waals surface area (Å²) in [6.07, 6.45) is -0.475. The molecule has 0 spiro atoms. The molecule has 236 valence electrons. The molecule has 8 rings (SSSR count). The molecule has 5 fully saturated rings. The Kier molecular flexibility index (Phi) is 6.94. The predicted octanol–water partition coefficient (Wildman–Crippen LogP) is 5.93. The average Bonchev–Trinajstić information content (AvgIpc) is 3.48. The molecule has 2 heterocycles. The van der Waals surface area contributed by atoms with Gasteiger partial charge in [-0.05, 0) is 86.8 Å². The lowest BCUT2D eigenvalue weighted by Gasteiger charge is -2.60. The summed E-state index contributed by atoms with van der Waals surface area (Å²) in [6, 6.07) is 14.8. The molecule has 4 aliphatic carbocycles. The van der Waals surface area contributed by atoms with Gasteiger partial charge in [0.25, 0.3) is 5.91 Å². The van der Waals surface area contributed by atoms with Gasteiger partial charge in [0.05, 0.1) is 10.8 Å². The number of carbonyl (C=O) groups excluding carboxylic acids is 2. The number of hydrogen-bond acceptors (Lipinski definition) is 6. The van der Waals surface area contributed by atoms with Gasteiger partial charge < -0.3 is 24.6 Å². The zero-order valence-corrected chi connectivity index (χ0v) is 24.5. The molecule has 2 aromatic carbocycles. The number of aromatic nitrogens is 1. The van der Waals surface area contributed by atoms with Crippen molar-refractivity contribution in [2.24, 2.45) is 22.7 Å². The largest absolute Gasteiger partial charge is 0.481 e. The Morgan fingerprint density at radius 3 is 2.11 bits per heavy atom. The predicted molar refractivity (Wildman–Crippen MR) is 157 cm³/mol. The van der Waals surface area contributed by atoms with E-state index in [1.165, 1.54) is 0 Å². The molecule has 2 amide bonds. The number of carboxylic acids is 1. The fraction of sp³-hybridized carbons (Fsp3) is 0.455. The Morgan fingerprint density at radius 2 is 1.51 bits per heavy atom. The van der Waals surface area contributed by atoms with Crippen molar-refractivity contribution >= 4 is 29.2 Å². The van der Waals surface area contributed by atoms with Crippen LogP contribution >= 0.6 is 0 Å². The Hall–Kier alpha value is -4.35. The zero-order valence-electron chi connectivity index (χ0n) is 24.5. The van der Waals surface area contributed by atoms with Gasteiger partial charge in [0.2, 0.25) is 17.6 Å². The Labute approximate surface area is 257 Å². The molecule has 1 saturated heterocycles. The minimum absolute atomic E-state index is 0.0986. The van der Waals surface area contributed by atoms with Gasteiger partial charge in [-0.3, -0.25) is 14.4 Å². The summed E-state index contributed by atoms with van der Waals surface area (Å²) in [4.78, 5) is 46.9. The smallest absolute Gasteiger partial charge is 0.452 e. The van der Waals surface area contributed by atoms with Gasteiger partial charge in [-0.1, -0.05) is 18.2 Å². The van der Waals surface area contributed by atoms with Crippen LogP contribution in [0.1, 0.15) is 54.8 Å². The van der Waals surface area contributed by atoms with Crippen LogP contribution in [0.15, 0.2) is 59.0 Å². The van der Waals surface area contributed by atoms with E-state index >= 15 is 0 Å². The van der Waals surface area contributed by atoms with Gasteiger partial charge in [-0.2, -0.15) is 13.2 Å². The lowest BCUT2D eigenvalue weighted by molar-refractivity contribution is -0.183. The van der Waals surface area contributed by atoms with Gasteiger partial charge >= 0.3 is 12.1 Å². The number of piperazine rings is 1. The molecule has 45 heavy (non-hydrogen) atoms. The maximum Gasteiger partial charge on any atom is 0.452 e. The van der Waals surface area contributed by atoms with Crippen LogP contribution in [0.4, 0.5) is 24.5 Å². The van der Waals surface area contributed by atoms with E-state index in [1.54, 1.807) is 54.6 Å². The standard InChI is InChI=1S/C33H33F3N4O5/c34-33(35,36)26-25(38-28(45-26)22-4-2-1-3-5-22)27(41)37-23-6-8-24(9-7-23)39-10-12-40(13-11-39)29(42)31-15-20-14-21(16-31)18-32(17-20,19-31)30(43)44/h1-9,20-21H,10-19H2,(H,37,41)(H,43,44). The zero-order chi connectivity index (χ0) is 31.6. The highest BCUT2D eigenvalue weighted by Gasteiger charge is 2.64. The van der Waals surface area contributed by atoms with E-state index < -0.39 is 40.3 Å². The fourth-order valence-corrected chi connectivity index (χ4v) is 8.58. The van der Waals surface area contributed by atoms with Crippen molar-refractivity contribution in [2.75, 3.05) is 36.4 Å². The number of rotatable bonds is 6. The van der Waals surface area contributed by atoms with Crippen LogP contribution in [-0.2, 0) is 15.8 Å². The highest BCUT2D eigenvalue weighted by atomic mass is 19.4. The molecule has 3 aromatic rings. The highest BCUT2D eigenvalue weighted by Crippen LogP contribution is 2.65. The number of oxazole rings is 1. The molecule has 1 aliphatic heterocycles. The summed E-state index contributed by atoms with van der Waals surface area (Å²) in [5.74, 6) is -2.84. The molecular formula is C33H33F3N4O5. The van der Waals surface area contributed by atoms with Crippen LogP contribution in [0.3, 0.4) is 0 Å². The van der Waals surface area contributed by atoms with Crippen molar-refractivity contribution in [1.29, 1.82) is 0 Å². The highest BCUT2D eigenvalue weighted by molar-refractivity contribution is 6.04. The SMILES string of the molecule is O=C(Nc1ccc(N2CCN(C(=O)C34CC5CC(CC(C(=O)O)(C5)C3)C4)CC2)cc1)c1nc(-c2ccccc2)oc1C(F)(F)F. The van der Waals surface area contributed by atoms with Crippen LogP contribution < -0.4 is 10.2 Å². The summed E-state index contributed by atoms with van der Waals surface area (Å²) in [5.41, 5.74) is -0.713. The number of nitrogens with zero attached hydrogens (tertiary/aromatic N) is 3. The lowest BCUT2D eigenvalue weighted by atomic mass is 9.44. The molecule has 9 nitrogen and oxygen atoms in total.